The van der Waals surface area contributed by atoms with E-state index >= 15 is 0 Å². The van der Waals surface area contributed by atoms with Gasteiger partial charge in [0.25, 0.3) is 0 Å². The minimum Gasteiger partial charge on any atom is -0.354 e. The number of aryl methyl sites for hydroxylation is 1. The van der Waals surface area contributed by atoms with Crippen LogP contribution in [0.2, 0.25) is 4.34 Å². The number of anilines is 2. The number of thiophene rings is 2. The highest BCUT2D eigenvalue weighted by Gasteiger charge is 2.14. The number of nitrogens with one attached hydrogen (secondary N) is 1. The molecule has 0 saturated heterocycles. The van der Waals surface area contributed by atoms with Crippen molar-refractivity contribution in [3.8, 4) is 0 Å². The van der Waals surface area contributed by atoms with Gasteiger partial charge in [0.15, 0.2) is 0 Å². The molecule has 0 radical (unpaired) electrons. The fraction of sp³-hybridized carbons (Fsp3) is 0.231. The van der Waals surface area contributed by atoms with Crippen molar-refractivity contribution in [3.63, 3.8) is 0 Å². The first kappa shape index (κ1) is 14.5. The number of halogens is 1. The SMILES string of the molecule is Cc1cc2c(N(C)Cc3ccc(Cl)s3)nc(NN)nc2s1. The van der Waals surface area contributed by atoms with E-state index in [9.17, 15) is 0 Å². The van der Waals surface area contributed by atoms with Gasteiger partial charge in [0, 0.05) is 16.8 Å². The van der Waals surface area contributed by atoms with Crippen LogP contribution in [0.25, 0.3) is 10.2 Å². The molecule has 0 aromatic carbocycles. The monoisotopic (exact) mass is 339 g/mol. The zero-order valence-electron chi connectivity index (χ0n) is 11.6. The van der Waals surface area contributed by atoms with Crippen molar-refractivity contribution in [1.29, 1.82) is 0 Å². The summed E-state index contributed by atoms with van der Waals surface area (Å²) < 4.78 is 0.793. The minimum absolute atomic E-state index is 0.426. The molecule has 3 aromatic rings. The molecule has 3 heterocycles. The van der Waals surface area contributed by atoms with Crippen molar-refractivity contribution in [3.05, 3.63) is 32.3 Å². The number of hydrogen-bond acceptors (Lipinski definition) is 7. The molecular weight excluding hydrogens is 326 g/mol. The lowest BCUT2D eigenvalue weighted by Crippen LogP contribution is -2.19. The summed E-state index contributed by atoms with van der Waals surface area (Å²) in [7, 11) is 2.00. The number of rotatable bonds is 4. The molecule has 0 amide bonds. The van der Waals surface area contributed by atoms with Crippen molar-refractivity contribution in [2.75, 3.05) is 17.4 Å². The van der Waals surface area contributed by atoms with Crippen molar-refractivity contribution < 1.29 is 0 Å². The quantitative estimate of drug-likeness (QED) is 0.561. The number of hydrazine groups is 1. The molecule has 3 N–H and O–H groups in total. The Balaban J connectivity index is 2.01. The second-order valence-corrected chi connectivity index (χ2v) is 7.69. The van der Waals surface area contributed by atoms with E-state index in [-0.39, 0.29) is 0 Å². The van der Waals surface area contributed by atoms with E-state index in [0.29, 0.717) is 5.95 Å². The summed E-state index contributed by atoms with van der Waals surface area (Å²) in [6.45, 7) is 2.80. The Hall–Kier alpha value is -1.41. The number of fused-ring (bicyclic) bond motifs is 1. The lowest BCUT2D eigenvalue weighted by molar-refractivity contribution is 0.915. The van der Waals surface area contributed by atoms with Crippen LogP contribution < -0.4 is 16.2 Å². The molecule has 0 saturated carbocycles. The Bertz CT molecular complexity index is 782. The highest BCUT2D eigenvalue weighted by molar-refractivity contribution is 7.18. The van der Waals surface area contributed by atoms with Crippen LogP contribution in [0.1, 0.15) is 9.75 Å². The molecule has 8 heteroatoms. The second kappa shape index (κ2) is 5.76. The molecule has 5 nitrogen and oxygen atoms in total. The van der Waals surface area contributed by atoms with Crippen molar-refractivity contribution >= 4 is 56.3 Å². The molecule has 110 valence electrons. The van der Waals surface area contributed by atoms with E-state index in [0.717, 1.165) is 26.9 Å². The van der Waals surface area contributed by atoms with Crippen LogP contribution in [0.3, 0.4) is 0 Å². The highest BCUT2D eigenvalue weighted by Crippen LogP contribution is 2.32. The molecule has 0 aliphatic rings. The maximum Gasteiger partial charge on any atom is 0.240 e. The van der Waals surface area contributed by atoms with Crippen LogP contribution in [-0.4, -0.2) is 17.0 Å². The van der Waals surface area contributed by atoms with Gasteiger partial charge in [-0.1, -0.05) is 11.6 Å². The molecule has 0 bridgehead atoms. The van der Waals surface area contributed by atoms with E-state index in [4.69, 9.17) is 17.4 Å². The van der Waals surface area contributed by atoms with E-state index < -0.39 is 0 Å². The van der Waals surface area contributed by atoms with Gasteiger partial charge in [-0.15, -0.1) is 22.7 Å². The average molecular weight is 340 g/mol. The Morgan fingerprint density at radius 1 is 1.33 bits per heavy atom. The smallest absolute Gasteiger partial charge is 0.240 e. The Kier molecular flexibility index (Phi) is 3.99. The molecular formula is C13H14ClN5S2. The summed E-state index contributed by atoms with van der Waals surface area (Å²) in [5.74, 6) is 6.76. The van der Waals surface area contributed by atoms with Gasteiger partial charge >= 0.3 is 0 Å². The van der Waals surface area contributed by atoms with E-state index in [2.05, 4.69) is 33.3 Å². The largest absolute Gasteiger partial charge is 0.354 e. The standard InChI is InChI=1S/C13H14ClN5S2/c1-7-5-9-11(16-13(18-15)17-12(9)20-7)19(2)6-8-3-4-10(14)21-8/h3-5H,6,15H2,1-2H3,(H,16,17,18). The van der Waals surface area contributed by atoms with Crippen LogP contribution in [0.15, 0.2) is 18.2 Å². The first-order chi connectivity index (χ1) is 10.1. The summed E-state index contributed by atoms with van der Waals surface area (Å²) in [4.78, 5) is 14.3. The van der Waals surface area contributed by atoms with Gasteiger partial charge in [-0.25, -0.2) is 10.8 Å². The van der Waals surface area contributed by atoms with Gasteiger partial charge in [0.05, 0.1) is 16.3 Å². The highest BCUT2D eigenvalue weighted by atomic mass is 35.5. The molecule has 0 spiro atoms. The topological polar surface area (TPSA) is 67.1 Å². The number of nitrogen functional groups attached to an aromatic ring is 1. The lowest BCUT2D eigenvalue weighted by Gasteiger charge is -2.18. The molecule has 3 aromatic heterocycles. The van der Waals surface area contributed by atoms with Crippen LogP contribution in [0, 0.1) is 6.92 Å². The van der Waals surface area contributed by atoms with Gasteiger partial charge in [-0.05, 0) is 25.1 Å². The third-order valence-corrected chi connectivity index (χ3v) is 5.17. The van der Waals surface area contributed by atoms with E-state index in [1.807, 2.05) is 19.2 Å². The number of nitrogens with zero attached hydrogens (tertiary/aromatic N) is 3. The third-order valence-electron chi connectivity index (χ3n) is 3.01. The normalized spacial score (nSPS) is 11.0. The lowest BCUT2D eigenvalue weighted by atomic mass is 10.3. The van der Waals surface area contributed by atoms with Crippen molar-refractivity contribution in [2.45, 2.75) is 13.5 Å². The van der Waals surface area contributed by atoms with Gasteiger partial charge < -0.3 is 4.90 Å². The van der Waals surface area contributed by atoms with Gasteiger partial charge in [-0.3, -0.25) is 5.43 Å². The number of aromatic nitrogens is 2. The first-order valence-corrected chi connectivity index (χ1v) is 8.28. The average Bonchev–Trinajstić information content (AvgIpc) is 3.02. The molecule has 0 unspecified atom stereocenters. The molecule has 3 rings (SSSR count). The van der Waals surface area contributed by atoms with Crippen LogP contribution in [-0.2, 0) is 6.54 Å². The zero-order chi connectivity index (χ0) is 15.0. The van der Waals surface area contributed by atoms with E-state index in [1.54, 1.807) is 22.7 Å². The van der Waals surface area contributed by atoms with Crippen molar-refractivity contribution in [2.24, 2.45) is 5.84 Å². The second-order valence-electron chi connectivity index (χ2n) is 4.65. The first-order valence-electron chi connectivity index (χ1n) is 6.27. The maximum atomic E-state index is 5.99. The van der Waals surface area contributed by atoms with Crippen LogP contribution in [0.5, 0.6) is 0 Å². The molecule has 0 atom stereocenters. The number of hydrogen-bond donors (Lipinski definition) is 2. The fourth-order valence-corrected chi connectivity index (χ4v) is 4.14. The Morgan fingerprint density at radius 3 is 2.81 bits per heavy atom. The predicted molar refractivity (Wildman–Crippen MR) is 91.4 cm³/mol. The summed E-state index contributed by atoms with van der Waals surface area (Å²) in [6, 6.07) is 6.04. The molecule has 0 aliphatic carbocycles. The summed E-state index contributed by atoms with van der Waals surface area (Å²) in [5.41, 5.74) is 2.53. The summed E-state index contributed by atoms with van der Waals surface area (Å²) >= 11 is 9.19. The minimum atomic E-state index is 0.426. The van der Waals surface area contributed by atoms with Crippen LogP contribution >= 0.6 is 34.3 Å². The Labute approximate surface area is 135 Å². The molecule has 0 fully saturated rings. The van der Waals surface area contributed by atoms with Gasteiger partial charge in [-0.2, -0.15) is 4.98 Å². The summed E-state index contributed by atoms with van der Waals surface area (Å²) in [6.07, 6.45) is 0. The predicted octanol–water partition coefficient (Wildman–Crippen LogP) is 3.64. The Morgan fingerprint density at radius 2 is 2.14 bits per heavy atom. The maximum absolute atomic E-state index is 5.99. The zero-order valence-corrected chi connectivity index (χ0v) is 13.9. The molecule has 21 heavy (non-hydrogen) atoms. The fourth-order valence-electron chi connectivity index (χ4n) is 2.13. The van der Waals surface area contributed by atoms with E-state index in [1.165, 1.54) is 9.75 Å². The molecule has 0 aliphatic heterocycles. The van der Waals surface area contributed by atoms with Crippen molar-refractivity contribution in [1.82, 2.24) is 9.97 Å². The third kappa shape index (κ3) is 2.96. The van der Waals surface area contributed by atoms with Gasteiger partial charge in [0.2, 0.25) is 5.95 Å². The summed E-state index contributed by atoms with van der Waals surface area (Å²) in [5, 5.41) is 1.04. The van der Waals surface area contributed by atoms with Gasteiger partial charge in [0.1, 0.15) is 10.6 Å². The van der Waals surface area contributed by atoms with Crippen LogP contribution in [0.4, 0.5) is 11.8 Å². The number of nitrogens with two attached hydrogens (primary N) is 1.